The summed E-state index contributed by atoms with van der Waals surface area (Å²) in [6.45, 7) is 2.89. The van der Waals surface area contributed by atoms with Crippen LogP contribution >= 0.6 is 15.9 Å². The van der Waals surface area contributed by atoms with Gasteiger partial charge in [0.2, 0.25) is 0 Å². The number of anilines is 1. The number of hydrogen-bond donors (Lipinski definition) is 1. The van der Waals surface area contributed by atoms with Crippen LogP contribution in [0.4, 0.5) is 5.69 Å². The summed E-state index contributed by atoms with van der Waals surface area (Å²) < 4.78 is 12.2. The summed E-state index contributed by atoms with van der Waals surface area (Å²) in [6.07, 6.45) is 1.54. The van der Waals surface area contributed by atoms with Crippen LogP contribution in [0.25, 0.3) is 16.8 Å². The van der Waals surface area contributed by atoms with Gasteiger partial charge in [0.25, 0.3) is 5.91 Å². The normalized spacial score (nSPS) is 11.1. The molecular formula is C29H23BrN2O3. The first kappa shape index (κ1) is 24.1. The molecule has 1 amide bonds. The van der Waals surface area contributed by atoms with E-state index in [0.29, 0.717) is 36.0 Å². The van der Waals surface area contributed by atoms with Gasteiger partial charge in [-0.05, 0) is 87.2 Å². The molecule has 0 aromatic heterocycles. The van der Waals surface area contributed by atoms with Crippen LogP contribution in [-0.4, -0.2) is 12.5 Å². The fraction of sp³-hybridized carbons (Fsp3) is 0.103. The van der Waals surface area contributed by atoms with Crippen molar-refractivity contribution in [3.05, 3.63) is 106 Å². The second-order valence-electron chi connectivity index (χ2n) is 7.70. The van der Waals surface area contributed by atoms with Gasteiger partial charge in [0.05, 0.1) is 11.1 Å². The van der Waals surface area contributed by atoms with Crippen molar-refractivity contribution in [3.8, 4) is 17.6 Å². The van der Waals surface area contributed by atoms with Crippen LogP contribution in [-0.2, 0) is 11.4 Å². The summed E-state index contributed by atoms with van der Waals surface area (Å²) in [7, 11) is 0. The molecule has 0 radical (unpaired) electrons. The highest BCUT2D eigenvalue weighted by Crippen LogP contribution is 2.29. The maximum Gasteiger partial charge on any atom is 0.266 e. The fourth-order valence-corrected chi connectivity index (χ4v) is 4.12. The Morgan fingerprint density at radius 2 is 1.77 bits per heavy atom. The summed E-state index contributed by atoms with van der Waals surface area (Å²) in [5.41, 5.74) is 2.37. The number of halogens is 1. The summed E-state index contributed by atoms with van der Waals surface area (Å²) in [4.78, 5) is 12.6. The van der Waals surface area contributed by atoms with E-state index in [1.807, 2.05) is 49.4 Å². The Morgan fingerprint density at radius 1 is 1.00 bits per heavy atom. The third-order valence-corrected chi connectivity index (χ3v) is 5.94. The van der Waals surface area contributed by atoms with E-state index >= 15 is 0 Å². The molecule has 0 atom stereocenters. The molecule has 1 N–H and O–H groups in total. The molecule has 0 aliphatic rings. The Kier molecular flexibility index (Phi) is 7.81. The van der Waals surface area contributed by atoms with Gasteiger partial charge in [-0.3, -0.25) is 4.79 Å². The van der Waals surface area contributed by atoms with E-state index in [1.165, 1.54) is 5.39 Å². The van der Waals surface area contributed by atoms with Gasteiger partial charge >= 0.3 is 0 Å². The Bertz CT molecular complexity index is 1420. The van der Waals surface area contributed by atoms with E-state index in [2.05, 4.69) is 45.5 Å². The van der Waals surface area contributed by atoms with E-state index in [4.69, 9.17) is 9.47 Å². The number of nitrogens with zero attached hydrogens (tertiary/aromatic N) is 1. The number of nitriles is 1. The molecule has 0 saturated carbocycles. The van der Waals surface area contributed by atoms with E-state index in [1.54, 1.807) is 30.3 Å². The Morgan fingerprint density at radius 3 is 2.51 bits per heavy atom. The third-order valence-electron chi connectivity index (χ3n) is 5.32. The number of benzene rings is 4. The van der Waals surface area contributed by atoms with Crippen LogP contribution in [0.2, 0.25) is 0 Å². The van der Waals surface area contributed by atoms with E-state index in [-0.39, 0.29) is 5.57 Å². The largest absolute Gasteiger partial charge is 0.494 e. The molecule has 4 rings (SSSR count). The maximum absolute atomic E-state index is 12.6. The first-order valence-electron chi connectivity index (χ1n) is 11.1. The Balaban J connectivity index is 1.45. The minimum Gasteiger partial charge on any atom is -0.494 e. The lowest BCUT2D eigenvalue weighted by Crippen LogP contribution is -2.13. The average molecular weight is 527 g/mol. The smallest absolute Gasteiger partial charge is 0.266 e. The molecule has 0 saturated heterocycles. The van der Waals surface area contributed by atoms with Gasteiger partial charge in [-0.25, -0.2) is 0 Å². The van der Waals surface area contributed by atoms with Gasteiger partial charge in [0.15, 0.2) is 0 Å². The van der Waals surface area contributed by atoms with Crippen molar-refractivity contribution in [1.29, 1.82) is 5.26 Å². The molecule has 4 aromatic carbocycles. The van der Waals surface area contributed by atoms with Gasteiger partial charge in [-0.15, -0.1) is 0 Å². The van der Waals surface area contributed by atoms with Crippen molar-refractivity contribution < 1.29 is 14.3 Å². The SMILES string of the molecule is CCOc1ccc(NC(=O)/C(C#N)=C/c2ccc(OCc3cccc4ccccc34)c(Br)c2)cc1. The van der Waals surface area contributed by atoms with Gasteiger partial charge in [0.1, 0.15) is 29.7 Å². The van der Waals surface area contributed by atoms with Crippen molar-refractivity contribution in [2.75, 3.05) is 11.9 Å². The number of carbonyl (C=O) groups excluding carboxylic acids is 1. The molecule has 5 nitrogen and oxygen atoms in total. The van der Waals surface area contributed by atoms with Crippen LogP contribution in [0.15, 0.2) is 95.0 Å². The lowest BCUT2D eigenvalue weighted by atomic mass is 10.1. The Hall–Kier alpha value is -4.08. The number of fused-ring (bicyclic) bond motifs is 1. The molecule has 35 heavy (non-hydrogen) atoms. The van der Waals surface area contributed by atoms with Crippen LogP contribution in [0.3, 0.4) is 0 Å². The maximum atomic E-state index is 12.6. The molecule has 0 heterocycles. The number of hydrogen-bond acceptors (Lipinski definition) is 4. The molecule has 174 valence electrons. The number of carbonyl (C=O) groups is 1. The quantitative estimate of drug-likeness (QED) is 0.196. The predicted octanol–water partition coefficient (Wildman–Crippen LogP) is 7.13. The lowest BCUT2D eigenvalue weighted by molar-refractivity contribution is -0.112. The van der Waals surface area contributed by atoms with E-state index < -0.39 is 5.91 Å². The van der Waals surface area contributed by atoms with Gasteiger partial charge in [-0.1, -0.05) is 48.5 Å². The average Bonchev–Trinajstić information content (AvgIpc) is 2.88. The van der Waals surface area contributed by atoms with Crippen LogP contribution in [0.5, 0.6) is 11.5 Å². The highest BCUT2D eigenvalue weighted by molar-refractivity contribution is 9.10. The van der Waals surface area contributed by atoms with Crippen LogP contribution < -0.4 is 14.8 Å². The number of rotatable bonds is 8. The topological polar surface area (TPSA) is 71.3 Å². The van der Waals surface area contributed by atoms with E-state index in [0.717, 1.165) is 15.4 Å². The minimum absolute atomic E-state index is 0.00444. The lowest BCUT2D eigenvalue weighted by Gasteiger charge is -2.11. The molecular weight excluding hydrogens is 504 g/mol. The molecule has 0 spiro atoms. The number of ether oxygens (including phenoxy) is 2. The summed E-state index contributed by atoms with van der Waals surface area (Å²) in [5.74, 6) is 0.908. The first-order valence-corrected chi connectivity index (χ1v) is 11.9. The summed E-state index contributed by atoms with van der Waals surface area (Å²) >= 11 is 3.54. The van der Waals surface area contributed by atoms with Crippen molar-refractivity contribution in [2.24, 2.45) is 0 Å². The third kappa shape index (κ3) is 6.08. The van der Waals surface area contributed by atoms with E-state index in [9.17, 15) is 10.1 Å². The molecule has 0 bridgehead atoms. The molecule has 0 aliphatic carbocycles. The highest BCUT2D eigenvalue weighted by Gasteiger charge is 2.11. The monoisotopic (exact) mass is 526 g/mol. The predicted molar refractivity (Wildman–Crippen MR) is 142 cm³/mol. The summed E-state index contributed by atoms with van der Waals surface area (Å²) in [6, 6.07) is 28.8. The molecule has 0 aliphatic heterocycles. The van der Waals surface area contributed by atoms with Crippen molar-refractivity contribution in [2.45, 2.75) is 13.5 Å². The first-order chi connectivity index (χ1) is 17.1. The minimum atomic E-state index is -0.482. The zero-order chi connectivity index (χ0) is 24.6. The second kappa shape index (κ2) is 11.4. The van der Waals surface area contributed by atoms with Crippen LogP contribution in [0.1, 0.15) is 18.1 Å². The van der Waals surface area contributed by atoms with Crippen LogP contribution in [0, 0.1) is 11.3 Å². The highest BCUT2D eigenvalue weighted by atomic mass is 79.9. The van der Waals surface area contributed by atoms with Crippen molar-refractivity contribution in [1.82, 2.24) is 0 Å². The van der Waals surface area contributed by atoms with Crippen molar-refractivity contribution in [3.63, 3.8) is 0 Å². The molecule has 4 aromatic rings. The molecule has 0 fully saturated rings. The number of nitrogens with one attached hydrogen (secondary N) is 1. The standard InChI is InChI=1S/C29H23BrN2O3/c1-2-34-25-13-11-24(12-14-25)32-29(33)23(18-31)16-20-10-15-28(27(30)17-20)35-19-22-8-5-7-21-6-3-4-9-26(21)22/h3-17H,2,19H2,1H3,(H,32,33)/b23-16+. The number of amides is 1. The summed E-state index contributed by atoms with van der Waals surface area (Å²) in [5, 5.41) is 14.6. The Labute approximate surface area is 212 Å². The molecule has 6 heteroatoms. The zero-order valence-electron chi connectivity index (χ0n) is 19.1. The van der Waals surface area contributed by atoms with Gasteiger partial charge in [-0.2, -0.15) is 5.26 Å². The molecule has 0 unspecified atom stereocenters. The van der Waals surface area contributed by atoms with Crippen molar-refractivity contribution >= 4 is 44.4 Å². The van der Waals surface area contributed by atoms with Gasteiger partial charge in [0, 0.05) is 5.69 Å². The zero-order valence-corrected chi connectivity index (χ0v) is 20.7. The van der Waals surface area contributed by atoms with Gasteiger partial charge < -0.3 is 14.8 Å². The fourth-order valence-electron chi connectivity index (χ4n) is 3.61. The second-order valence-corrected chi connectivity index (χ2v) is 8.55.